The van der Waals surface area contributed by atoms with Gasteiger partial charge >= 0.3 is 0 Å². The first-order valence-corrected chi connectivity index (χ1v) is 10.6. The second-order valence-corrected chi connectivity index (χ2v) is 9.02. The number of hydrogen-bond donors (Lipinski definition) is 1. The summed E-state index contributed by atoms with van der Waals surface area (Å²) in [5, 5.41) is 3.31. The third kappa shape index (κ3) is 4.37. The van der Waals surface area contributed by atoms with Crippen LogP contribution in [0, 0.1) is 0 Å². The summed E-state index contributed by atoms with van der Waals surface area (Å²) in [5.74, 6) is -0.336. The largest absolute Gasteiger partial charge is 0.354 e. The van der Waals surface area contributed by atoms with Crippen molar-refractivity contribution in [3.63, 3.8) is 0 Å². The van der Waals surface area contributed by atoms with E-state index in [-0.39, 0.29) is 17.9 Å². The van der Waals surface area contributed by atoms with Gasteiger partial charge in [-0.2, -0.15) is 0 Å². The van der Waals surface area contributed by atoms with Crippen LogP contribution in [0.2, 0.25) is 5.02 Å². The van der Waals surface area contributed by atoms with Gasteiger partial charge in [0.2, 0.25) is 15.9 Å². The molecule has 0 bridgehead atoms. The van der Waals surface area contributed by atoms with E-state index >= 15 is 0 Å². The molecule has 0 atom stereocenters. The molecule has 0 saturated heterocycles. The first-order chi connectivity index (χ1) is 12.3. The Labute approximate surface area is 159 Å². The first kappa shape index (κ1) is 18.7. The van der Waals surface area contributed by atoms with Gasteiger partial charge in [0, 0.05) is 17.0 Å². The number of nitrogens with zero attached hydrogens (tertiary/aromatic N) is 1. The fraction of sp³-hybridized carbons (Fsp3) is 0.316. The van der Waals surface area contributed by atoms with Gasteiger partial charge in [0.15, 0.2) is 0 Å². The Morgan fingerprint density at radius 1 is 1.15 bits per heavy atom. The lowest BCUT2D eigenvalue weighted by atomic mass is 9.96. The Morgan fingerprint density at radius 3 is 2.42 bits per heavy atom. The highest BCUT2D eigenvalue weighted by Gasteiger charge is 2.44. The standard InChI is InChI=1S/C19H21ClN2O3S/c1-26(24,25)22(17-9-5-8-16(20)12-17)13-18(23)21-14-19(10-11-19)15-6-3-2-4-7-15/h2-9,12H,10-11,13-14H2,1H3,(H,21,23). The summed E-state index contributed by atoms with van der Waals surface area (Å²) in [6, 6.07) is 16.5. The van der Waals surface area contributed by atoms with Gasteiger partial charge in [0.1, 0.15) is 6.54 Å². The van der Waals surface area contributed by atoms with Crippen LogP contribution in [0.15, 0.2) is 54.6 Å². The van der Waals surface area contributed by atoms with Crippen molar-refractivity contribution in [2.24, 2.45) is 0 Å². The molecule has 2 aromatic rings. The van der Waals surface area contributed by atoms with Gasteiger partial charge < -0.3 is 5.32 Å². The van der Waals surface area contributed by atoms with Crippen LogP contribution in [-0.4, -0.2) is 33.7 Å². The molecule has 0 aromatic heterocycles. The van der Waals surface area contributed by atoms with E-state index in [1.807, 2.05) is 18.2 Å². The SMILES string of the molecule is CS(=O)(=O)N(CC(=O)NCC1(c2ccccc2)CC1)c1cccc(Cl)c1. The normalized spacial score (nSPS) is 15.3. The van der Waals surface area contributed by atoms with Crippen molar-refractivity contribution in [1.82, 2.24) is 5.32 Å². The van der Waals surface area contributed by atoms with Crippen LogP contribution < -0.4 is 9.62 Å². The fourth-order valence-corrected chi connectivity index (χ4v) is 4.03. The Morgan fingerprint density at radius 2 is 1.85 bits per heavy atom. The second kappa shape index (κ2) is 7.29. The average molecular weight is 393 g/mol. The molecule has 0 aliphatic heterocycles. The lowest BCUT2D eigenvalue weighted by Crippen LogP contribution is -2.42. The topological polar surface area (TPSA) is 66.5 Å². The number of amides is 1. The van der Waals surface area contributed by atoms with Gasteiger partial charge in [-0.25, -0.2) is 8.42 Å². The Kier molecular flexibility index (Phi) is 5.25. The molecule has 3 rings (SSSR count). The molecule has 0 spiro atoms. The monoisotopic (exact) mass is 392 g/mol. The molecular weight excluding hydrogens is 372 g/mol. The number of carbonyl (C=O) groups excluding carboxylic acids is 1. The predicted octanol–water partition coefficient (Wildman–Crippen LogP) is 2.95. The molecule has 138 valence electrons. The van der Waals surface area contributed by atoms with Crippen LogP contribution in [-0.2, 0) is 20.2 Å². The molecule has 7 heteroatoms. The molecule has 2 aromatic carbocycles. The van der Waals surface area contributed by atoms with Crippen LogP contribution in [0.1, 0.15) is 18.4 Å². The number of halogens is 1. The van der Waals surface area contributed by atoms with Gasteiger partial charge in [-0.05, 0) is 36.6 Å². The second-order valence-electron chi connectivity index (χ2n) is 6.67. The molecule has 1 fully saturated rings. The maximum atomic E-state index is 12.4. The third-order valence-corrected chi connectivity index (χ3v) is 6.02. The minimum absolute atomic E-state index is 0.0249. The van der Waals surface area contributed by atoms with Crippen LogP contribution in [0.4, 0.5) is 5.69 Å². The van der Waals surface area contributed by atoms with E-state index in [0.29, 0.717) is 17.3 Å². The van der Waals surface area contributed by atoms with Crippen LogP contribution in [0.3, 0.4) is 0 Å². The summed E-state index contributed by atoms with van der Waals surface area (Å²) in [6.07, 6.45) is 3.11. The van der Waals surface area contributed by atoms with E-state index < -0.39 is 10.0 Å². The van der Waals surface area contributed by atoms with Crippen molar-refractivity contribution in [2.75, 3.05) is 23.7 Å². The van der Waals surface area contributed by atoms with Crippen molar-refractivity contribution in [3.05, 3.63) is 65.2 Å². The Bertz CT molecular complexity index is 896. The molecule has 1 amide bonds. The van der Waals surface area contributed by atoms with Crippen molar-refractivity contribution >= 4 is 33.2 Å². The van der Waals surface area contributed by atoms with Crippen molar-refractivity contribution < 1.29 is 13.2 Å². The van der Waals surface area contributed by atoms with Gasteiger partial charge in [-0.15, -0.1) is 0 Å². The zero-order valence-corrected chi connectivity index (χ0v) is 16.1. The summed E-state index contributed by atoms with van der Waals surface area (Å²) in [5.41, 5.74) is 1.55. The predicted molar refractivity (Wildman–Crippen MR) is 104 cm³/mol. The Balaban J connectivity index is 1.68. The van der Waals surface area contributed by atoms with E-state index in [9.17, 15) is 13.2 Å². The van der Waals surface area contributed by atoms with Crippen molar-refractivity contribution in [2.45, 2.75) is 18.3 Å². The highest BCUT2D eigenvalue weighted by Crippen LogP contribution is 2.47. The zero-order chi connectivity index (χ0) is 18.8. The Hall–Kier alpha value is -2.05. The summed E-state index contributed by atoms with van der Waals surface area (Å²) < 4.78 is 25.3. The molecule has 1 N–H and O–H groups in total. The van der Waals surface area contributed by atoms with E-state index in [4.69, 9.17) is 11.6 Å². The molecule has 1 aliphatic carbocycles. The summed E-state index contributed by atoms with van der Waals surface area (Å²) in [7, 11) is -3.61. The number of carbonyl (C=O) groups is 1. The van der Waals surface area contributed by atoms with Crippen LogP contribution in [0.25, 0.3) is 0 Å². The smallest absolute Gasteiger partial charge is 0.240 e. The highest BCUT2D eigenvalue weighted by atomic mass is 35.5. The first-order valence-electron chi connectivity index (χ1n) is 8.36. The number of benzene rings is 2. The summed E-state index contributed by atoms with van der Waals surface area (Å²) >= 11 is 5.95. The molecule has 0 heterocycles. The number of rotatable bonds is 7. The summed E-state index contributed by atoms with van der Waals surface area (Å²) in [6.45, 7) is 0.229. The maximum Gasteiger partial charge on any atom is 0.240 e. The molecule has 1 saturated carbocycles. The van der Waals surface area contributed by atoms with Gasteiger partial charge in [0.25, 0.3) is 0 Å². The molecule has 0 radical (unpaired) electrons. The van der Waals surface area contributed by atoms with Crippen molar-refractivity contribution in [3.8, 4) is 0 Å². The number of nitrogens with one attached hydrogen (secondary N) is 1. The number of hydrogen-bond acceptors (Lipinski definition) is 3. The van der Waals surface area contributed by atoms with E-state index in [1.54, 1.807) is 18.2 Å². The van der Waals surface area contributed by atoms with Gasteiger partial charge in [-0.3, -0.25) is 9.10 Å². The average Bonchev–Trinajstić information content (AvgIpc) is 3.39. The molecular formula is C19H21ClN2O3S. The van der Waals surface area contributed by atoms with E-state index in [2.05, 4.69) is 17.4 Å². The maximum absolute atomic E-state index is 12.4. The molecule has 0 unspecified atom stereocenters. The molecule has 5 nitrogen and oxygen atoms in total. The minimum Gasteiger partial charge on any atom is -0.354 e. The van der Waals surface area contributed by atoms with Crippen LogP contribution >= 0.6 is 11.6 Å². The van der Waals surface area contributed by atoms with Crippen molar-refractivity contribution in [1.29, 1.82) is 0 Å². The zero-order valence-electron chi connectivity index (χ0n) is 14.5. The van der Waals surface area contributed by atoms with Gasteiger partial charge in [0.05, 0.1) is 11.9 Å². The lowest BCUT2D eigenvalue weighted by Gasteiger charge is -2.23. The van der Waals surface area contributed by atoms with Gasteiger partial charge in [-0.1, -0.05) is 48.0 Å². The quantitative estimate of drug-likeness (QED) is 0.787. The number of sulfonamides is 1. The fourth-order valence-electron chi connectivity index (χ4n) is 3.00. The molecule has 26 heavy (non-hydrogen) atoms. The molecule has 1 aliphatic rings. The minimum atomic E-state index is -3.61. The van der Waals surface area contributed by atoms with E-state index in [1.165, 1.54) is 11.6 Å². The lowest BCUT2D eigenvalue weighted by molar-refractivity contribution is -0.119. The van der Waals surface area contributed by atoms with E-state index in [0.717, 1.165) is 23.4 Å². The number of anilines is 1. The van der Waals surface area contributed by atoms with Crippen LogP contribution in [0.5, 0.6) is 0 Å². The summed E-state index contributed by atoms with van der Waals surface area (Å²) in [4.78, 5) is 12.4. The highest BCUT2D eigenvalue weighted by molar-refractivity contribution is 7.92. The third-order valence-electron chi connectivity index (χ3n) is 4.65.